The Balaban J connectivity index is 3.69. The Labute approximate surface area is 128 Å². The van der Waals surface area contributed by atoms with Gasteiger partial charge in [0, 0.05) is 0 Å². The number of esters is 2. The van der Waals surface area contributed by atoms with E-state index in [1.165, 1.54) is 0 Å². The monoisotopic (exact) mass is 318 g/mol. The molecule has 0 aromatic rings. The Kier molecular flexibility index (Phi) is 11.5. The fourth-order valence-electron chi connectivity index (χ4n) is 1.18. The Hall–Kier alpha value is -2.06. The highest BCUT2D eigenvalue weighted by atomic mass is 16.6. The Morgan fingerprint density at radius 3 is 1.50 bits per heavy atom. The van der Waals surface area contributed by atoms with E-state index in [2.05, 4.69) is 13.2 Å². The molecule has 8 heteroatoms. The molecule has 0 aromatic carbocycles. The lowest BCUT2D eigenvalue weighted by molar-refractivity contribution is -0.154. The van der Waals surface area contributed by atoms with Gasteiger partial charge in [0.25, 0.3) is 0 Å². The van der Waals surface area contributed by atoms with Crippen molar-refractivity contribution in [3.63, 3.8) is 0 Å². The summed E-state index contributed by atoms with van der Waals surface area (Å²) in [5, 5.41) is 18.7. The number of rotatable bonds is 13. The van der Waals surface area contributed by atoms with Gasteiger partial charge in [-0.25, -0.2) is 0 Å². The van der Waals surface area contributed by atoms with Crippen molar-refractivity contribution in [2.75, 3.05) is 26.4 Å². The van der Waals surface area contributed by atoms with Crippen LogP contribution in [0.4, 0.5) is 0 Å². The summed E-state index contributed by atoms with van der Waals surface area (Å²) < 4.78 is 18.9. The van der Waals surface area contributed by atoms with Crippen molar-refractivity contribution in [2.24, 2.45) is 0 Å². The van der Waals surface area contributed by atoms with E-state index in [4.69, 9.17) is 18.9 Å². The summed E-state index contributed by atoms with van der Waals surface area (Å²) in [5.74, 6) is -1.30. The van der Waals surface area contributed by atoms with Crippen molar-refractivity contribution in [3.05, 3.63) is 25.7 Å². The van der Waals surface area contributed by atoms with Gasteiger partial charge in [0.1, 0.15) is 38.6 Å². The van der Waals surface area contributed by atoms with Crippen LogP contribution >= 0.6 is 0 Å². The minimum atomic E-state index is -0.964. The van der Waals surface area contributed by atoms with Gasteiger partial charge < -0.3 is 29.2 Å². The maximum absolute atomic E-state index is 11.3. The summed E-state index contributed by atoms with van der Waals surface area (Å²) in [7, 11) is 0. The molecule has 0 rings (SSSR count). The first-order valence-electron chi connectivity index (χ1n) is 6.62. The van der Waals surface area contributed by atoms with Crippen LogP contribution in [0.5, 0.6) is 0 Å². The Bertz CT molecular complexity index is 321. The molecular formula is C14H22O8. The summed E-state index contributed by atoms with van der Waals surface area (Å²) in [5.41, 5.74) is 0. The molecule has 0 bridgehead atoms. The van der Waals surface area contributed by atoms with Crippen molar-refractivity contribution in [3.8, 4) is 0 Å². The third-order valence-corrected chi connectivity index (χ3v) is 2.22. The molecular weight excluding hydrogens is 296 g/mol. The summed E-state index contributed by atoms with van der Waals surface area (Å²) >= 11 is 0. The van der Waals surface area contributed by atoms with Gasteiger partial charge in [-0.05, 0) is 0 Å². The number of carbonyl (C=O) groups is 2. The van der Waals surface area contributed by atoms with E-state index in [0.717, 1.165) is 12.5 Å². The molecule has 2 N–H and O–H groups in total. The van der Waals surface area contributed by atoms with Gasteiger partial charge in [0.15, 0.2) is 0 Å². The van der Waals surface area contributed by atoms with Crippen molar-refractivity contribution < 1.29 is 38.7 Å². The number of ether oxygens (including phenoxy) is 4. The van der Waals surface area contributed by atoms with Crippen LogP contribution in [-0.2, 0) is 28.5 Å². The zero-order valence-corrected chi connectivity index (χ0v) is 12.3. The van der Waals surface area contributed by atoms with Gasteiger partial charge >= 0.3 is 11.9 Å². The molecule has 2 atom stereocenters. The molecule has 0 aliphatic rings. The molecule has 0 aromatic heterocycles. The van der Waals surface area contributed by atoms with E-state index in [1.54, 1.807) is 0 Å². The maximum atomic E-state index is 11.3. The highest BCUT2D eigenvalue weighted by molar-refractivity contribution is 5.77. The van der Waals surface area contributed by atoms with Gasteiger partial charge in [-0.1, -0.05) is 13.2 Å². The Morgan fingerprint density at radius 2 is 1.18 bits per heavy atom. The zero-order chi connectivity index (χ0) is 16.8. The summed E-state index contributed by atoms with van der Waals surface area (Å²) in [6, 6.07) is 0. The highest BCUT2D eigenvalue weighted by Gasteiger charge is 2.13. The van der Waals surface area contributed by atoms with Gasteiger partial charge in [-0.15, -0.1) is 0 Å². The molecule has 0 aliphatic carbocycles. The summed E-state index contributed by atoms with van der Waals surface area (Å²) in [4.78, 5) is 22.6. The standard InChI is InChI=1S/C14H22O8/c1-3-19-7-11(15)9-21-13(17)5-6-14(18)22-10-12(16)8-20-4-2/h3-4,11-12,15-16H,1-2,5-10H2. The van der Waals surface area contributed by atoms with Crippen LogP contribution < -0.4 is 0 Å². The predicted molar refractivity (Wildman–Crippen MR) is 75.5 cm³/mol. The van der Waals surface area contributed by atoms with Crippen LogP contribution in [-0.4, -0.2) is 60.8 Å². The predicted octanol–water partition coefficient (Wildman–Crippen LogP) is -0.105. The molecule has 0 spiro atoms. The molecule has 126 valence electrons. The average Bonchev–Trinajstić information content (AvgIpc) is 2.52. The number of hydrogen-bond donors (Lipinski definition) is 2. The fourth-order valence-corrected chi connectivity index (χ4v) is 1.18. The van der Waals surface area contributed by atoms with Gasteiger partial charge in [0.2, 0.25) is 0 Å². The van der Waals surface area contributed by atoms with Gasteiger partial charge in [-0.2, -0.15) is 0 Å². The van der Waals surface area contributed by atoms with Crippen LogP contribution in [0.15, 0.2) is 25.7 Å². The second kappa shape index (κ2) is 12.7. The lowest BCUT2D eigenvalue weighted by atomic mass is 10.3. The molecule has 22 heavy (non-hydrogen) atoms. The number of hydrogen-bond acceptors (Lipinski definition) is 8. The Morgan fingerprint density at radius 1 is 0.818 bits per heavy atom. The fraction of sp³-hybridized carbons (Fsp3) is 0.571. The zero-order valence-electron chi connectivity index (χ0n) is 12.3. The quantitative estimate of drug-likeness (QED) is 0.357. The van der Waals surface area contributed by atoms with E-state index >= 15 is 0 Å². The van der Waals surface area contributed by atoms with Crippen molar-refractivity contribution in [1.82, 2.24) is 0 Å². The molecule has 0 radical (unpaired) electrons. The van der Waals surface area contributed by atoms with Crippen molar-refractivity contribution in [1.29, 1.82) is 0 Å². The first-order chi connectivity index (χ1) is 10.5. The van der Waals surface area contributed by atoms with Crippen LogP contribution in [0.3, 0.4) is 0 Å². The minimum Gasteiger partial charge on any atom is -0.499 e. The second-order valence-electron chi connectivity index (χ2n) is 4.17. The van der Waals surface area contributed by atoms with E-state index < -0.39 is 24.1 Å². The number of aliphatic hydroxyl groups excluding tert-OH is 2. The maximum Gasteiger partial charge on any atom is 0.306 e. The van der Waals surface area contributed by atoms with Crippen LogP contribution in [0.2, 0.25) is 0 Å². The normalized spacial score (nSPS) is 12.6. The number of carbonyl (C=O) groups excluding carboxylic acids is 2. The average molecular weight is 318 g/mol. The van der Waals surface area contributed by atoms with E-state index in [1.807, 2.05) is 0 Å². The first kappa shape index (κ1) is 19.9. The van der Waals surface area contributed by atoms with Gasteiger partial charge in [-0.3, -0.25) is 9.59 Å². The molecule has 0 heterocycles. The van der Waals surface area contributed by atoms with Crippen molar-refractivity contribution in [2.45, 2.75) is 25.0 Å². The molecule has 8 nitrogen and oxygen atoms in total. The van der Waals surface area contributed by atoms with Crippen LogP contribution in [0.1, 0.15) is 12.8 Å². The topological polar surface area (TPSA) is 112 Å². The van der Waals surface area contributed by atoms with Gasteiger partial charge in [0.05, 0.1) is 25.4 Å². The number of aliphatic hydroxyl groups is 2. The lowest BCUT2D eigenvalue weighted by Crippen LogP contribution is -2.24. The smallest absolute Gasteiger partial charge is 0.306 e. The van der Waals surface area contributed by atoms with E-state index in [-0.39, 0.29) is 39.3 Å². The molecule has 0 fully saturated rings. The SMILES string of the molecule is C=COCC(O)COC(=O)CCC(=O)OCC(O)COC=C. The van der Waals surface area contributed by atoms with E-state index in [9.17, 15) is 19.8 Å². The minimum absolute atomic E-state index is 0.0382. The van der Waals surface area contributed by atoms with Crippen LogP contribution in [0, 0.1) is 0 Å². The molecule has 0 amide bonds. The molecule has 2 unspecified atom stereocenters. The highest BCUT2D eigenvalue weighted by Crippen LogP contribution is 1.99. The van der Waals surface area contributed by atoms with Crippen molar-refractivity contribution >= 4 is 11.9 Å². The molecule has 0 saturated heterocycles. The largest absolute Gasteiger partial charge is 0.499 e. The lowest BCUT2D eigenvalue weighted by Gasteiger charge is -2.11. The molecule has 0 aliphatic heterocycles. The summed E-state index contributed by atoms with van der Waals surface area (Å²) in [6.07, 6.45) is 0.0218. The second-order valence-corrected chi connectivity index (χ2v) is 4.17. The van der Waals surface area contributed by atoms with Crippen LogP contribution in [0.25, 0.3) is 0 Å². The third kappa shape index (κ3) is 11.7. The molecule has 0 saturated carbocycles. The first-order valence-corrected chi connectivity index (χ1v) is 6.62. The third-order valence-electron chi connectivity index (χ3n) is 2.22. The summed E-state index contributed by atoms with van der Waals surface area (Å²) in [6.45, 7) is 6.05. The van der Waals surface area contributed by atoms with E-state index in [0.29, 0.717) is 0 Å².